The maximum Gasteiger partial charge on any atom is 0.336 e. The predicted molar refractivity (Wildman–Crippen MR) is 115 cm³/mol. The zero-order valence-corrected chi connectivity index (χ0v) is 19.4. The molecule has 0 aromatic carbocycles. The van der Waals surface area contributed by atoms with E-state index >= 15 is 0 Å². The average molecular weight is 448 g/mol. The first-order valence-corrected chi connectivity index (χ1v) is 10.9. The molecule has 0 radical (unpaired) electrons. The van der Waals surface area contributed by atoms with Crippen molar-refractivity contribution in [2.45, 2.75) is 64.6 Å². The molecule has 10 nitrogen and oxygen atoms in total. The standard InChI is InChI=1S/C22H33N5O5/c1-15-12-17(6-9-23-15)25-10-7-16(8-11-25)24-26-18(28)13-27(20(31)32,21(2,3)4)14-22(26,5)19(29)30/h6,9,12,16,24H,7-8,10-11,13-14H2,1-5H3,(H-,29,30,31,32). The number of hydrogen-bond donors (Lipinski definition) is 2. The maximum absolute atomic E-state index is 13.2. The Bertz CT molecular complexity index is 908. The molecule has 3 rings (SSSR count). The molecule has 176 valence electrons. The number of carbonyl (C=O) groups is 3. The van der Waals surface area contributed by atoms with Crippen LogP contribution in [0.3, 0.4) is 0 Å². The van der Waals surface area contributed by atoms with Crippen molar-refractivity contribution in [3.8, 4) is 0 Å². The SMILES string of the molecule is Cc1cc(N2CCC(NN3C(=O)C[N+](C(=O)[O-])(C(C)(C)C)CC3(C)C(=O)O)CC2)ccn1. The van der Waals surface area contributed by atoms with Crippen LogP contribution in [0.2, 0.25) is 0 Å². The number of piperidine rings is 1. The van der Waals surface area contributed by atoms with E-state index in [0.29, 0.717) is 12.8 Å². The molecule has 32 heavy (non-hydrogen) atoms. The number of aliphatic carboxylic acids is 1. The second kappa shape index (κ2) is 8.32. The Kier molecular flexibility index (Phi) is 6.23. The predicted octanol–water partition coefficient (Wildman–Crippen LogP) is 0.508. The molecular formula is C22H33N5O5. The van der Waals surface area contributed by atoms with Gasteiger partial charge in [0.25, 0.3) is 12.0 Å². The fourth-order valence-electron chi connectivity index (χ4n) is 4.66. The van der Waals surface area contributed by atoms with E-state index in [1.54, 1.807) is 27.0 Å². The number of carboxylic acids is 1. The van der Waals surface area contributed by atoms with Crippen molar-refractivity contribution >= 4 is 23.7 Å². The van der Waals surface area contributed by atoms with Gasteiger partial charge in [0, 0.05) is 36.7 Å². The highest BCUT2D eigenvalue weighted by Crippen LogP contribution is 2.35. The van der Waals surface area contributed by atoms with Crippen LogP contribution in [0, 0.1) is 6.92 Å². The molecule has 2 unspecified atom stereocenters. The van der Waals surface area contributed by atoms with Gasteiger partial charge >= 0.3 is 5.97 Å². The van der Waals surface area contributed by atoms with Crippen LogP contribution in [0.4, 0.5) is 10.5 Å². The highest BCUT2D eigenvalue weighted by atomic mass is 16.4. The Morgan fingerprint density at radius 3 is 2.44 bits per heavy atom. The Hall–Kier alpha value is -2.72. The molecule has 2 aliphatic heterocycles. The summed E-state index contributed by atoms with van der Waals surface area (Å²) < 4.78 is -0.743. The topological polar surface area (TPSA) is 126 Å². The number of aromatic nitrogens is 1. The van der Waals surface area contributed by atoms with Gasteiger partial charge in [-0.05, 0) is 59.6 Å². The summed E-state index contributed by atoms with van der Waals surface area (Å²) in [5.41, 5.74) is 2.51. The number of hydrazine groups is 1. The number of anilines is 1. The van der Waals surface area contributed by atoms with E-state index in [1.165, 1.54) is 6.92 Å². The van der Waals surface area contributed by atoms with E-state index < -0.39 is 33.5 Å². The Balaban J connectivity index is 1.77. The van der Waals surface area contributed by atoms with Crippen molar-refractivity contribution < 1.29 is 29.1 Å². The molecule has 0 aliphatic carbocycles. The molecule has 2 N–H and O–H groups in total. The lowest BCUT2D eigenvalue weighted by molar-refractivity contribution is -0.919. The lowest BCUT2D eigenvalue weighted by atomic mass is 9.90. The van der Waals surface area contributed by atoms with Crippen LogP contribution in [0.15, 0.2) is 18.3 Å². The number of aryl methyl sites for hydroxylation is 1. The van der Waals surface area contributed by atoms with Crippen LogP contribution in [-0.2, 0) is 9.59 Å². The average Bonchev–Trinajstić information content (AvgIpc) is 2.70. The van der Waals surface area contributed by atoms with Gasteiger partial charge in [-0.25, -0.2) is 15.2 Å². The summed E-state index contributed by atoms with van der Waals surface area (Å²) in [6.45, 7) is 9.21. The molecule has 0 bridgehead atoms. The highest BCUT2D eigenvalue weighted by Gasteiger charge is 2.60. The normalized spacial score (nSPS) is 27.5. The lowest BCUT2D eigenvalue weighted by Gasteiger charge is -2.56. The van der Waals surface area contributed by atoms with Gasteiger partial charge in [0.2, 0.25) is 5.54 Å². The molecule has 2 fully saturated rings. The van der Waals surface area contributed by atoms with Crippen molar-refractivity contribution in [3.63, 3.8) is 0 Å². The first-order valence-electron chi connectivity index (χ1n) is 10.9. The number of nitrogens with zero attached hydrogens (tertiary/aromatic N) is 4. The van der Waals surface area contributed by atoms with E-state index in [4.69, 9.17) is 0 Å². The van der Waals surface area contributed by atoms with Gasteiger partial charge < -0.3 is 19.9 Å². The van der Waals surface area contributed by atoms with E-state index in [-0.39, 0.29) is 19.1 Å². The van der Waals surface area contributed by atoms with Crippen LogP contribution in [0.1, 0.15) is 46.2 Å². The number of pyridine rings is 1. The zero-order chi connectivity index (χ0) is 23.9. The van der Waals surface area contributed by atoms with Crippen molar-refractivity contribution in [2.75, 3.05) is 31.1 Å². The minimum absolute atomic E-state index is 0.102. The minimum Gasteiger partial charge on any atom is -0.498 e. The number of nitrogens with one attached hydrogen (secondary N) is 1. The summed E-state index contributed by atoms with van der Waals surface area (Å²) in [5.74, 6) is -1.82. The lowest BCUT2D eigenvalue weighted by Crippen LogP contribution is -2.82. The Morgan fingerprint density at radius 1 is 1.31 bits per heavy atom. The molecule has 10 heteroatoms. The number of rotatable bonds is 4. The van der Waals surface area contributed by atoms with Gasteiger partial charge in [-0.2, -0.15) is 0 Å². The number of carbonyl (C=O) groups excluding carboxylic acids is 2. The molecule has 1 aromatic heterocycles. The molecule has 2 saturated heterocycles. The van der Waals surface area contributed by atoms with Crippen molar-refractivity contribution in [2.24, 2.45) is 0 Å². The maximum atomic E-state index is 13.2. The number of amides is 2. The van der Waals surface area contributed by atoms with Gasteiger partial charge in [0.1, 0.15) is 6.54 Å². The smallest absolute Gasteiger partial charge is 0.336 e. The third kappa shape index (κ3) is 4.16. The summed E-state index contributed by atoms with van der Waals surface area (Å²) >= 11 is 0. The number of quaternary nitrogens is 1. The van der Waals surface area contributed by atoms with Crippen LogP contribution < -0.4 is 15.4 Å². The molecule has 1 aromatic rings. The Morgan fingerprint density at radius 2 is 1.94 bits per heavy atom. The van der Waals surface area contributed by atoms with E-state index in [9.17, 15) is 24.6 Å². The van der Waals surface area contributed by atoms with Crippen LogP contribution >= 0.6 is 0 Å². The van der Waals surface area contributed by atoms with Gasteiger partial charge in [-0.3, -0.25) is 14.3 Å². The van der Waals surface area contributed by atoms with Gasteiger partial charge in [0.05, 0.1) is 5.54 Å². The fourth-order valence-corrected chi connectivity index (χ4v) is 4.66. The number of piperazine rings is 1. The number of carboxylic acid groups (broad SMARTS) is 2. The Labute approximate surface area is 188 Å². The summed E-state index contributed by atoms with van der Waals surface area (Å²) in [6, 6.07) is 3.88. The third-order valence-corrected chi connectivity index (χ3v) is 6.87. The molecule has 2 atom stereocenters. The minimum atomic E-state index is -1.73. The van der Waals surface area contributed by atoms with Gasteiger partial charge in [-0.1, -0.05) is 0 Å². The van der Waals surface area contributed by atoms with E-state index in [2.05, 4.69) is 15.3 Å². The van der Waals surface area contributed by atoms with Crippen molar-refractivity contribution in [1.82, 2.24) is 15.4 Å². The molecule has 2 aliphatic rings. The molecule has 0 spiro atoms. The monoisotopic (exact) mass is 447 g/mol. The molecule has 3 heterocycles. The summed E-state index contributed by atoms with van der Waals surface area (Å²) in [4.78, 5) is 44.1. The quantitative estimate of drug-likeness (QED) is 0.640. The third-order valence-electron chi connectivity index (χ3n) is 6.87. The van der Waals surface area contributed by atoms with Gasteiger partial charge in [0.15, 0.2) is 6.54 Å². The molecule has 2 amide bonds. The summed E-state index contributed by atoms with van der Waals surface area (Å²) in [5, 5.41) is 23.3. The molecule has 0 saturated carbocycles. The summed E-state index contributed by atoms with van der Waals surface area (Å²) in [6.07, 6.45) is 1.75. The molecular weight excluding hydrogens is 414 g/mol. The van der Waals surface area contributed by atoms with Crippen LogP contribution in [-0.4, -0.2) is 80.9 Å². The van der Waals surface area contributed by atoms with E-state index in [1.807, 2.05) is 19.1 Å². The van der Waals surface area contributed by atoms with Gasteiger partial charge in [-0.15, -0.1) is 0 Å². The highest BCUT2D eigenvalue weighted by molar-refractivity contribution is 5.89. The van der Waals surface area contributed by atoms with E-state index in [0.717, 1.165) is 29.5 Å². The first kappa shape index (κ1) is 23.9. The largest absolute Gasteiger partial charge is 0.498 e. The zero-order valence-electron chi connectivity index (χ0n) is 19.4. The number of hydrogen-bond acceptors (Lipinski definition) is 7. The second-order valence-electron chi connectivity index (χ2n) is 10.1. The fraction of sp³-hybridized carbons (Fsp3) is 0.636. The second-order valence-corrected chi connectivity index (χ2v) is 10.1. The van der Waals surface area contributed by atoms with Crippen LogP contribution in [0.25, 0.3) is 0 Å². The summed E-state index contributed by atoms with van der Waals surface area (Å²) in [7, 11) is 0. The first-order chi connectivity index (χ1) is 14.8. The van der Waals surface area contributed by atoms with Crippen LogP contribution in [0.5, 0.6) is 0 Å². The van der Waals surface area contributed by atoms with Crippen molar-refractivity contribution in [1.29, 1.82) is 0 Å². The van der Waals surface area contributed by atoms with Crippen molar-refractivity contribution in [3.05, 3.63) is 24.0 Å².